The quantitative estimate of drug-likeness (QED) is 0.429. The Morgan fingerprint density at radius 2 is 1.75 bits per heavy atom. The van der Waals surface area contributed by atoms with Crippen molar-refractivity contribution in [2.24, 2.45) is 0 Å². The maximum absolute atomic E-state index is 11.4. The van der Waals surface area contributed by atoms with Crippen LogP contribution in [0.5, 0.6) is 11.5 Å². The monoisotopic (exact) mass is 340 g/mol. The lowest BCUT2D eigenvalue weighted by atomic mass is 9.99. The van der Waals surface area contributed by atoms with Gasteiger partial charge in [0, 0.05) is 11.5 Å². The zero-order valence-corrected chi connectivity index (χ0v) is 12.3. The van der Waals surface area contributed by atoms with Gasteiger partial charge in [-0.2, -0.15) is 0 Å². The van der Waals surface area contributed by atoms with Crippen LogP contribution < -0.4 is 10.4 Å². The Hall–Kier alpha value is -2.17. The van der Waals surface area contributed by atoms with Crippen molar-refractivity contribution in [1.82, 2.24) is 0 Å². The van der Waals surface area contributed by atoms with E-state index in [4.69, 9.17) is 19.0 Å². The highest BCUT2D eigenvalue weighted by atomic mass is 16.7. The molecule has 1 aromatic carbocycles. The van der Waals surface area contributed by atoms with Gasteiger partial charge >= 0.3 is 5.63 Å². The van der Waals surface area contributed by atoms with E-state index in [2.05, 4.69) is 0 Å². The van der Waals surface area contributed by atoms with Crippen LogP contribution in [0.25, 0.3) is 11.0 Å². The molecule has 1 aliphatic heterocycles. The maximum atomic E-state index is 11.4. The third kappa shape index (κ3) is 2.83. The van der Waals surface area contributed by atoms with Gasteiger partial charge < -0.3 is 39.4 Å². The fourth-order valence-corrected chi connectivity index (χ4v) is 2.49. The van der Waals surface area contributed by atoms with Gasteiger partial charge in [-0.25, -0.2) is 4.79 Å². The summed E-state index contributed by atoms with van der Waals surface area (Å²) < 4.78 is 15.6. The van der Waals surface area contributed by atoms with Crippen molar-refractivity contribution >= 4 is 11.0 Å². The molecule has 2 aromatic rings. The third-order valence-electron chi connectivity index (χ3n) is 3.81. The molecule has 0 saturated carbocycles. The molecule has 1 fully saturated rings. The minimum Gasteiger partial charge on any atom is -0.504 e. The Labute approximate surface area is 134 Å². The van der Waals surface area contributed by atoms with Crippen LogP contribution in [0.4, 0.5) is 0 Å². The molecule has 0 aliphatic carbocycles. The predicted octanol–water partition coefficient (Wildman–Crippen LogP) is -1.32. The van der Waals surface area contributed by atoms with E-state index >= 15 is 0 Å². The van der Waals surface area contributed by atoms with E-state index in [1.54, 1.807) is 0 Å². The largest absolute Gasteiger partial charge is 0.504 e. The minimum absolute atomic E-state index is 0.0699. The van der Waals surface area contributed by atoms with Crippen molar-refractivity contribution in [3.05, 3.63) is 34.7 Å². The van der Waals surface area contributed by atoms with Gasteiger partial charge in [0.1, 0.15) is 24.4 Å². The number of aliphatic hydroxyl groups excluding tert-OH is 4. The normalized spacial score (nSPS) is 30.4. The van der Waals surface area contributed by atoms with Crippen molar-refractivity contribution < 1.29 is 39.4 Å². The number of hydrogen-bond acceptors (Lipinski definition) is 9. The minimum atomic E-state index is -1.66. The smallest absolute Gasteiger partial charge is 0.336 e. The lowest BCUT2D eigenvalue weighted by molar-refractivity contribution is -0.277. The Bertz CT molecular complexity index is 784. The summed E-state index contributed by atoms with van der Waals surface area (Å²) in [6, 6.07) is 5.44. The van der Waals surface area contributed by atoms with Gasteiger partial charge in [0.25, 0.3) is 0 Å². The van der Waals surface area contributed by atoms with Crippen LogP contribution in [0.15, 0.2) is 33.5 Å². The second-order valence-electron chi connectivity index (χ2n) is 5.40. The number of fused-ring (bicyclic) bond motifs is 1. The first kappa shape index (κ1) is 16.7. The Balaban J connectivity index is 1.98. The second-order valence-corrected chi connectivity index (χ2v) is 5.40. The van der Waals surface area contributed by atoms with Gasteiger partial charge in [-0.3, -0.25) is 0 Å². The third-order valence-corrected chi connectivity index (χ3v) is 3.81. The summed E-state index contributed by atoms with van der Waals surface area (Å²) >= 11 is 0. The number of benzene rings is 1. The molecule has 5 N–H and O–H groups in total. The van der Waals surface area contributed by atoms with E-state index < -0.39 is 42.9 Å². The van der Waals surface area contributed by atoms with Gasteiger partial charge in [0.15, 0.2) is 11.3 Å². The summed E-state index contributed by atoms with van der Waals surface area (Å²) in [5.41, 5.74) is -0.744. The molecular weight excluding hydrogens is 324 g/mol. The number of ether oxygens (including phenoxy) is 2. The van der Waals surface area contributed by atoms with E-state index in [-0.39, 0.29) is 17.1 Å². The van der Waals surface area contributed by atoms with Crippen molar-refractivity contribution in [3.8, 4) is 11.5 Å². The summed E-state index contributed by atoms with van der Waals surface area (Å²) in [4.78, 5) is 11.4. The van der Waals surface area contributed by atoms with Crippen LogP contribution in [0.1, 0.15) is 0 Å². The number of aliphatic hydroxyl groups is 4. The first-order valence-corrected chi connectivity index (χ1v) is 7.15. The number of phenols is 1. The molecule has 130 valence electrons. The molecule has 5 atom stereocenters. The summed E-state index contributed by atoms with van der Waals surface area (Å²) in [5.74, 6) is -0.650. The van der Waals surface area contributed by atoms with Gasteiger partial charge in [-0.05, 0) is 18.2 Å². The molecule has 9 nitrogen and oxygen atoms in total. The lowest BCUT2D eigenvalue weighted by Crippen LogP contribution is -2.60. The topological polar surface area (TPSA) is 150 Å². The molecule has 0 unspecified atom stereocenters. The van der Waals surface area contributed by atoms with Gasteiger partial charge in [-0.1, -0.05) is 0 Å². The number of rotatable bonds is 3. The maximum Gasteiger partial charge on any atom is 0.336 e. The van der Waals surface area contributed by atoms with E-state index in [0.29, 0.717) is 5.39 Å². The van der Waals surface area contributed by atoms with E-state index in [0.717, 1.165) is 0 Å². The molecule has 2 heterocycles. The van der Waals surface area contributed by atoms with Crippen molar-refractivity contribution in [3.63, 3.8) is 0 Å². The predicted molar refractivity (Wildman–Crippen MR) is 78.5 cm³/mol. The molecule has 1 aromatic heterocycles. The van der Waals surface area contributed by atoms with Crippen LogP contribution >= 0.6 is 0 Å². The molecule has 0 radical (unpaired) electrons. The highest BCUT2D eigenvalue weighted by Gasteiger charge is 2.45. The first-order chi connectivity index (χ1) is 11.4. The number of phenolic OH excluding ortho intramolecular Hbond substituents is 1. The van der Waals surface area contributed by atoms with Gasteiger partial charge in [0.2, 0.25) is 12.0 Å². The Kier molecular flexibility index (Phi) is 4.43. The number of aromatic hydroxyl groups is 1. The summed E-state index contributed by atoms with van der Waals surface area (Å²) in [7, 11) is 0. The van der Waals surface area contributed by atoms with Crippen LogP contribution in [0.2, 0.25) is 0 Å². The first-order valence-electron chi connectivity index (χ1n) is 7.15. The molecule has 9 heteroatoms. The average molecular weight is 340 g/mol. The zero-order valence-electron chi connectivity index (χ0n) is 12.3. The van der Waals surface area contributed by atoms with Crippen LogP contribution in [-0.2, 0) is 4.74 Å². The summed E-state index contributed by atoms with van der Waals surface area (Å²) in [6.45, 7) is -0.624. The molecule has 24 heavy (non-hydrogen) atoms. The van der Waals surface area contributed by atoms with Gasteiger partial charge in [0.05, 0.1) is 6.61 Å². The van der Waals surface area contributed by atoms with Crippen molar-refractivity contribution in [1.29, 1.82) is 0 Å². The van der Waals surface area contributed by atoms with Crippen LogP contribution in [-0.4, -0.2) is 62.8 Å². The fraction of sp³-hybridized carbons (Fsp3) is 0.400. The van der Waals surface area contributed by atoms with E-state index in [9.17, 15) is 25.2 Å². The second kappa shape index (κ2) is 6.38. The molecule has 1 saturated heterocycles. The standard InChI is InChI=1S/C15H16O9/c16-5-8-10(19)11(20)12(21)15(22-8)24-14-7(17)3-1-6-2-4-9(18)23-13(6)14/h1-4,8,10-12,15-17,19-21H,5H2/t8-,10+,11+,12-,15+/m1/s1. The highest BCUT2D eigenvalue weighted by Crippen LogP contribution is 2.36. The zero-order chi connectivity index (χ0) is 17.4. The molecule has 0 spiro atoms. The molecule has 0 amide bonds. The van der Waals surface area contributed by atoms with Crippen LogP contribution in [0, 0.1) is 0 Å². The molecule has 3 rings (SSSR count). The average Bonchev–Trinajstić information content (AvgIpc) is 2.57. The SMILES string of the molecule is O=c1ccc2ccc(O)c(O[C@@H]3O[C@H](CO)[C@H](O)[C@H](O)[C@H]3O)c2o1. The van der Waals surface area contributed by atoms with E-state index in [1.807, 2.05) is 0 Å². The molecule has 0 bridgehead atoms. The Morgan fingerprint density at radius 1 is 1.04 bits per heavy atom. The summed E-state index contributed by atoms with van der Waals surface area (Å²) in [6.07, 6.45) is -7.51. The van der Waals surface area contributed by atoms with Gasteiger partial charge in [-0.15, -0.1) is 0 Å². The van der Waals surface area contributed by atoms with Crippen LogP contribution in [0.3, 0.4) is 0 Å². The Morgan fingerprint density at radius 3 is 2.46 bits per heavy atom. The van der Waals surface area contributed by atoms with Crippen molar-refractivity contribution in [2.75, 3.05) is 6.61 Å². The molecular formula is C15H16O9. The number of hydrogen-bond donors (Lipinski definition) is 5. The highest BCUT2D eigenvalue weighted by molar-refractivity contribution is 5.85. The molecule has 1 aliphatic rings. The fourth-order valence-electron chi connectivity index (χ4n) is 2.49. The van der Waals surface area contributed by atoms with Crippen molar-refractivity contribution in [2.45, 2.75) is 30.7 Å². The van der Waals surface area contributed by atoms with E-state index in [1.165, 1.54) is 24.3 Å². The lowest BCUT2D eigenvalue weighted by Gasteiger charge is -2.39. The summed E-state index contributed by atoms with van der Waals surface area (Å²) in [5, 5.41) is 49.1.